The monoisotopic (exact) mass is 317 g/mol. The van der Waals surface area contributed by atoms with Gasteiger partial charge in [0.2, 0.25) is 0 Å². The van der Waals surface area contributed by atoms with Gasteiger partial charge in [-0.05, 0) is 48.2 Å². The Hall–Kier alpha value is -1.32. The predicted octanol–water partition coefficient (Wildman–Crippen LogP) is 4.04. The molecule has 0 amide bonds. The maximum Gasteiger partial charge on any atom is 0.120 e. The fraction of sp³-hybridized carbons (Fsp3) is 0.250. The molecule has 0 saturated heterocycles. The Balaban J connectivity index is 1.81. The van der Waals surface area contributed by atoms with E-state index in [1.54, 1.807) is 0 Å². The molecule has 2 nitrogen and oxygen atoms in total. The molecule has 0 aromatic heterocycles. The van der Waals surface area contributed by atoms with Crippen molar-refractivity contribution < 1.29 is 4.74 Å². The second kappa shape index (κ2) is 5.35. The lowest BCUT2D eigenvalue weighted by molar-refractivity contribution is 0.303. The van der Waals surface area contributed by atoms with Crippen LogP contribution in [0.15, 0.2) is 53.0 Å². The van der Waals surface area contributed by atoms with Crippen LogP contribution in [-0.4, -0.2) is 6.10 Å². The van der Waals surface area contributed by atoms with Gasteiger partial charge in [0.1, 0.15) is 5.75 Å². The topological polar surface area (TPSA) is 35.2 Å². The highest BCUT2D eigenvalue weighted by Gasteiger charge is 2.23. The lowest BCUT2D eigenvalue weighted by atomic mass is 10.00. The number of benzene rings is 2. The summed E-state index contributed by atoms with van der Waals surface area (Å²) in [7, 11) is 0. The molecule has 2 aromatic rings. The van der Waals surface area contributed by atoms with Gasteiger partial charge in [-0.25, -0.2) is 0 Å². The molecule has 2 N–H and O–H groups in total. The largest absolute Gasteiger partial charge is 0.490 e. The Labute approximate surface area is 121 Å². The van der Waals surface area contributed by atoms with E-state index in [1.807, 2.05) is 48.5 Å². The van der Waals surface area contributed by atoms with Crippen LogP contribution < -0.4 is 10.5 Å². The van der Waals surface area contributed by atoms with Crippen molar-refractivity contribution in [3.63, 3.8) is 0 Å². The molecule has 1 saturated carbocycles. The number of hydrogen-bond donors (Lipinski definition) is 1. The third kappa shape index (κ3) is 3.17. The molecule has 3 heteroatoms. The standard InChI is InChI=1S/C16H16BrNO/c17-13-6-4-11(5-7-13)16(18)12-2-1-3-15(10-12)19-14-8-9-14/h1-7,10,14,16H,8-9,18H2. The minimum Gasteiger partial charge on any atom is -0.490 e. The van der Waals surface area contributed by atoms with Crippen molar-refractivity contribution in [3.8, 4) is 5.75 Å². The molecule has 0 aliphatic heterocycles. The first-order valence-corrected chi connectivity index (χ1v) is 7.29. The van der Waals surface area contributed by atoms with Crippen molar-refractivity contribution in [3.05, 3.63) is 64.1 Å². The number of halogens is 1. The number of ether oxygens (including phenoxy) is 1. The molecule has 0 heterocycles. The highest BCUT2D eigenvalue weighted by atomic mass is 79.9. The van der Waals surface area contributed by atoms with E-state index in [0.717, 1.165) is 21.3 Å². The van der Waals surface area contributed by atoms with E-state index < -0.39 is 0 Å². The van der Waals surface area contributed by atoms with Crippen molar-refractivity contribution in [2.75, 3.05) is 0 Å². The smallest absolute Gasteiger partial charge is 0.120 e. The molecule has 2 aromatic carbocycles. The van der Waals surface area contributed by atoms with Gasteiger partial charge in [-0.3, -0.25) is 0 Å². The van der Waals surface area contributed by atoms with E-state index in [-0.39, 0.29) is 6.04 Å². The molecule has 1 atom stereocenters. The minimum absolute atomic E-state index is 0.115. The van der Waals surface area contributed by atoms with E-state index in [1.165, 1.54) is 12.8 Å². The maximum atomic E-state index is 6.31. The summed E-state index contributed by atoms with van der Waals surface area (Å²) in [4.78, 5) is 0. The van der Waals surface area contributed by atoms with Crippen LogP contribution in [0.25, 0.3) is 0 Å². The molecule has 0 spiro atoms. The van der Waals surface area contributed by atoms with Gasteiger partial charge < -0.3 is 10.5 Å². The van der Waals surface area contributed by atoms with Gasteiger partial charge in [-0.1, -0.05) is 40.2 Å². The van der Waals surface area contributed by atoms with Gasteiger partial charge >= 0.3 is 0 Å². The SMILES string of the molecule is NC(c1ccc(Br)cc1)c1cccc(OC2CC2)c1. The van der Waals surface area contributed by atoms with Gasteiger partial charge in [0.25, 0.3) is 0 Å². The lowest BCUT2D eigenvalue weighted by Gasteiger charge is -2.14. The Morgan fingerprint density at radius 1 is 1.05 bits per heavy atom. The van der Waals surface area contributed by atoms with Crippen LogP contribution in [0.2, 0.25) is 0 Å². The van der Waals surface area contributed by atoms with Gasteiger partial charge in [0.05, 0.1) is 12.1 Å². The van der Waals surface area contributed by atoms with Crippen molar-refractivity contribution in [2.45, 2.75) is 25.0 Å². The zero-order chi connectivity index (χ0) is 13.2. The first-order valence-electron chi connectivity index (χ1n) is 6.50. The molecule has 1 aliphatic rings. The summed E-state index contributed by atoms with van der Waals surface area (Å²) in [6.45, 7) is 0. The van der Waals surface area contributed by atoms with Crippen LogP contribution in [0, 0.1) is 0 Å². The van der Waals surface area contributed by atoms with Crippen LogP contribution in [0.1, 0.15) is 30.0 Å². The highest BCUT2D eigenvalue weighted by Crippen LogP contribution is 2.29. The normalized spacial score (nSPS) is 16.1. The number of rotatable bonds is 4. The Morgan fingerprint density at radius 2 is 1.79 bits per heavy atom. The molecule has 3 rings (SSSR count). The zero-order valence-electron chi connectivity index (χ0n) is 10.6. The Morgan fingerprint density at radius 3 is 2.47 bits per heavy atom. The second-order valence-corrected chi connectivity index (χ2v) is 5.83. The third-order valence-electron chi connectivity index (χ3n) is 3.27. The van der Waals surface area contributed by atoms with Crippen LogP contribution in [0.4, 0.5) is 0 Å². The summed E-state index contributed by atoms with van der Waals surface area (Å²) < 4.78 is 6.87. The first-order chi connectivity index (χ1) is 9.22. The molecule has 1 unspecified atom stereocenters. The highest BCUT2D eigenvalue weighted by molar-refractivity contribution is 9.10. The summed E-state index contributed by atoms with van der Waals surface area (Å²) in [5.74, 6) is 0.924. The summed E-state index contributed by atoms with van der Waals surface area (Å²) in [6.07, 6.45) is 2.76. The summed E-state index contributed by atoms with van der Waals surface area (Å²) >= 11 is 3.44. The fourth-order valence-corrected chi connectivity index (χ4v) is 2.29. The minimum atomic E-state index is -0.115. The molecular weight excluding hydrogens is 302 g/mol. The van der Waals surface area contributed by atoms with Gasteiger partial charge in [0.15, 0.2) is 0 Å². The van der Waals surface area contributed by atoms with E-state index in [2.05, 4.69) is 15.9 Å². The zero-order valence-corrected chi connectivity index (χ0v) is 12.1. The van der Waals surface area contributed by atoms with Crippen LogP contribution in [-0.2, 0) is 0 Å². The van der Waals surface area contributed by atoms with Crippen LogP contribution in [0.5, 0.6) is 5.75 Å². The van der Waals surface area contributed by atoms with E-state index in [0.29, 0.717) is 6.10 Å². The molecule has 1 fully saturated rings. The number of hydrogen-bond acceptors (Lipinski definition) is 2. The van der Waals surface area contributed by atoms with Gasteiger partial charge in [-0.2, -0.15) is 0 Å². The molecule has 19 heavy (non-hydrogen) atoms. The Bertz CT molecular complexity index is 563. The fourth-order valence-electron chi connectivity index (χ4n) is 2.02. The molecule has 1 aliphatic carbocycles. The van der Waals surface area contributed by atoms with E-state index in [4.69, 9.17) is 10.5 Å². The predicted molar refractivity (Wildman–Crippen MR) is 80.3 cm³/mol. The quantitative estimate of drug-likeness (QED) is 0.923. The lowest BCUT2D eigenvalue weighted by Crippen LogP contribution is -2.11. The third-order valence-corrected chi connectivity index (χ3v) is 3.80. The van der Waals surface area contributed by atoms with Crippen LogP contribution >= 0.6 is 15.9 Å². The van der Waals surface area contributed by atoms with Gasteiger partial charge in [0, 0.05) is 4.47 Å². The molecule has 0 radical (unpaired) electrons. The second-order valence-electron chi connectivity index (χ2n) is 4.92. The molecule has 0 bridgehead atoms. The maximum absolute atomic E-state index is 6.31. The molecular formula is C16H16BrNO. The summed E-state index contributed by atoms with van der Waals surface area (Å²) in [5.41, 5.74) is 8.50. The Kier molecular flexibility index (Phi) is 3.58. The van der Waals surface area contributed by atoms with Crippen molar-refractivity contribution in [2.24, 2.45) is 5.73 Å². The first kappa shape index (κ1) is 12.7. The van der Waals surface area contributed by atoms with Crippen molar-refractivity contribution in [1.82, 2.24) is 0 Å². The average Bonchev–Trinajstić information content (AvgIpc) is 3.23. The van der Waals surface area contributed by atoms with E-state index >= 15 is 0 Å². The van der Waals surface area contributed by atoms with Gasteiger partial charge in [-0.15, -0.1) is 0 Å². The van der Waals surface area contributed by atoms with Crippen LogP contribution in [0.3, 0.4) is 0 Å². The average molecular weight is 318 g/mol. The van der Waals surface area contributed by atoms with Crippen molar-refractivity contribution in [1.29, 1.82) is 0 Å². The summed E-state index contributed by atoms with van der Waals surface area (Å²) in [6, 6.07) is 16.1. The summed E-state index contributed by atoms with van der Waals surface area (Å²) in [5, 5.41) is 0. The van der Waals surface area contributed by atoms with Crippen molar-refractivity contribution >= 4 is 15.9 Å². The van der Waals surface area contributed by atoms with E-state index in [9.17, 15) is 0 Å². The molecule has 98 valence electrons. The number of nitrogens with two attached hydrogens (primary N) is 1.